The molecule has 4 heteroatoms. The fourth-order valence-electron chi connectivity index (χ4n) is 1.79. The topological polar surface area (TPSA) is 30.2 Å². The molecule has 0 radical (unpaired) electrons. The van der Waals surface area contributed by atoms with Gasteiger partial charge in [-0.05, 0) is 39.7 Å². The first-order valence-electron chi connectivity index (χ1n) is 5.65. The monoisotopic (exact) mass is 310 g/mol. The van der Waals surface area contributed by atoms with Gasteiger partial charge in [-0.3, -0.25) is 4.79 Å². The zero-order valence-electron chi connectivity index (χ0n) is 9.87. The number of hydrogen-bond donors (Lipinski definition) is 0. The summed E-state index contributed by atoms with van der Waals surface area (Å²) in [7, 11) is 0. The Morgan fingerprint density at radius 2 is 2.17 bits per heavy atom. The highest BCUT2D eigenvalue weighted by Gasteiger charge is 2.14. The molecule has 0 amide bonds. The molecule has 1 aromatic heterocycles. The fourth-order valence-corrected chi connectivity index (χ4v) is 2.22. The van der Waals surface area contributed by atoms with Crippen LogP contribution in [0, 0.1) is 5.82 Å². The lowest BCUT2D eigenvalue weighted by Crippen LogP contribution is -2.05. The van der Waals surface area contributed by atoms with Gasteiger partial charge in [-0.1, -0.05) is 13.0 Å². The lowest BCUT2D eigenvalue weighted by atomic mass is 10.0. The van der Waals surface area contributed by atoms with Crippen molar-refractivity contribution in [3.05, 3.63) is 57.7 Å². The molecule has 0 aliphatic heterocycles. The summed E-state index contributed by atoms with van der Waals surface area (Å²) >= 11 is 3.11. The molecule has 18 heavy (non-hydrogen) atoms. The minimum atomic E-state index is -0.330. The van der Waals surface area contributed by atoms with Crippen LogP contribution in [0.25, 0.3) is 0 Å². The maximum absolute atomic E-state index is 13.1. The van der Waals surface area contributed by atoms with Crippen LogP contribution >= 0.6 is 15.9 Å². The maximum atomic E-state index is 13.1. The van der Waals surface area contributed by atoms with E-state index in [1.165, 1.54) is 12.3 Å². The number of Topliss-reactive ketones (excluding diaryl/α,β-unsaturated/α-hetero) is 1. The maximum Gasteiger partial charge on any atom is 0.170 e. The van der Waals surface area contributed by atoms with Gasteiger partial charge in [-0.25, -0.2) is 4.39 Å². The van der Waals surface area contributed by atoms with E-state index in [0.717, 1.165) is 5.56 Å². The third kappa shape index (κ3) is 2.70. The van der Waals surface area contributed by atoms with Crippen molar-refractivity contribution in [1.82, 2.24) is 0 Å². The van der Waals surface area contributed by atoms with Crippen molar-refractivity contribution in [3.8, 4) is 0 Å². The van der Waals surface area contributed by atoms with E-state index in [1.807, 2.05) is 6.92 Å². The van der Waals surface area contributed by atoms with Crippen molar-refractivity contribution in [3.63, 3.8) is 0 Å². The predicted molar refractivity (Wildman–Crippen MR) is 70.2 cm³/mol. The largest absolute Gasteiger partial charge is 0.469 e. The number of hydrogen-bond acceptors (Lipinski definition) is 2. The molecule has 94 valence electrons. The number of carbonyl (C=O) groups is 1. The first-order valence-corrected chi connectivity index (χ1v) is 6.44. The van der Waals surface area contributed by atoms with Gasteiger partial charge in [-0.2, -0.15) is 0 Å². The van der Waals surface area contributed by atoms with Crippen molar-refractivity contribution in [2.24, 2.45) is 0 Å². The number of benzene rings is 1. The van der Waals surface area contributed by atoms with Gasteiger partial charge in [0.05, 0.1) is 16.3 Å². The molecule has 0 atom stereocenters. The SMILES string of the molecule is CCc1occc1C(=O)Cc1ccc(F)c(Br)c1. The molecule has 1 aromatic carbocycles. The highest BCUT2D eigenvalue weighted by molar-refractivity contribution is 9.10. The average molecular weight is 311 g/mol. The summed E-state index contributed by atoms with van der Waals surface area (Å²) in [5.74, 6) is 0.351. The minimum absolute atomic E-state index is 0.0147. The van der Waals surface area contributed by atoms with E-state index in [2.05, 4.69) is 15.9 Å². The van der Waals surface area contributed by atoms with Gasteiger partial charge >= 0.3 is 0 Å². The summed E-state index contributed by atoms with van der Waals surface area (Å²) in [6, 6.07) is 6.27. The molecular weight excluding hydrogens is 299 g/mol. The Kier molecular flexibility index (Phi) is 3.97. The zero-order chi connectivity index (χ0) is 13.1. The minimum Gasteiger partial charge on any atom is -0.469 e. The van der Waals surface area contributed by atoms with Gasteiger partial charge in [0.2, 0.25) is 0 Å². The Balaban J connectivity index is 2.19. The van der Waals surface area contributed by atoms with Gasteiger partial charge in [0.15, 0.2) is 5.78 Å². The second-order valence-corrected chi connectivity index (χ2v) is 4.81. The Hall–Kier alpha value is -1.42. The van der Waals surface area contributed by atoms with Crippen LogP contribution in [-0.2, 0) is 12.8 Å². The van der Waals surface area contributed by atoms with E-state index >= 15 is 0 Å². The standard InChI is InChI=1S/C14H12BrFO2/c1-2-14-10(5-6-18-14)13(17)8-9-3-4-12(16)11(15)7-9/h3-7H,2,8H2,1H3. The van der Waals surface area contributed by atoms with Gasteiger partial charge < -0.3 is 4.42 Å². The number of furan rings is 1. The molecule has 0 fully saturated rings. The number of halogens is 2. The Morgan fingerprint density at radius 3 is 2.83 bits per heavy atom. The molecule has 2 nitrogen and oxygen atoms in total. The second kappa shape index (κ2) is 5.48. The van der Waals surface area contributed by atoms with Gasteiger partial charge in [-0.15, -0.1) is 0 Å². The summed E-state index contributed by atoms with van der Waals surface area (Å²) < 4.78 is 18.7. The second-order valence-electron chi connectivity index (χ2n) is 3.96. The van der Waals surface area contributed by atoms with Crippen LogP contribution in [0.2, 0.25) is 0 Å². The van der Waals surface area contributed by atoms with Gasteiger partial charge in [0, 0.05) is 12.8 Å². The predicted octanol–water partition coefficient (Wildman–Crippen LogP) is 4.17. The van der Waals surface area contributed by atoms with Crippen molar-refractivity contribution in [2.75, 3.05) is 0 Å². The molecule has 0 unspecified atom stereocenters. The van der Waals surface area contributed by atoms with Crippen molar-refractivity contribution < 1.29 is 13.6 Å². The molecule has 0 N–H and O–H groups in total. The number of carbonyl (C=O) groups excluding carboxylic acids is 1. The normalized spacial score (nSPS) is 10.6. The van der Waals surface area contributed by atoms with Crippen LogP contribution in [-0.4, -0.2) is 5.78 Å². The van der Waals surface area contributed by atoms with E-state index in [-0.39, 0.29) is 18.0 Å². The molecular formula is C14H12BrFO2. The van der Waals surface area contributed by atoms with Gasteiger partial charge in [0.1, 0.15) is 11.6 Å². The lowest BCUT2D eigenvalue weighted by molar-refractivity contribution is 0.0991. The molecule has 0 aliphatic rings. The first kappa shape index (κ1) is 13.0. The van der Waals surface area contributed by atoms with Gasteiger partial charge in [0.25, 0.3) is 0 Å². The van der Waals surface area contributed by atoms with E-state index < -0.39 is 0 Å². The number of aryl methyl sites for hydroxylation is 1. The van der Waals surface area contributed by atoms with Crippen LogP contribution < -0.4 is 0 Å². The number of rotatable bonds is 4. The molecule has 0 bridgehead atoms. The first-order chi connectivity index (χ1) is 8.61. The summed E-state index contributed by atoms with van der Waals surface area (Å²) in [4.78, 5) is 12.1. The van der Waals surface area contributed by atoms with Crippen LogP contribution in [0.1, 0.15) is 28.6 Å². The Bertz CT molecular complexity index is 575. The average Bonchev–Trinajstić information content (AvgIpc) is 2.82. The van der Waals surface area contributed by atoms with E-state index in [4.69, 9.17) is 4.42 Å². The van der Waals surface area contributed by atoms with Crippen LogP contribution in [0.4, 0.5) is 4.39 Å². The molecule has 2 aromatic rings. The lowest BCUT2D eigenvalue weighted by Gasteiger charge is -2.02. The Labute approximate surface area is 113 Å². The molecule has 0 saturated heterocycles. The zero-order valence-corrected chi connectivity index (χ0v) is 11.5. The third-order valence-corrected chi connectivity index (χ3v) is 3.32. The fraction of sp³-hybridized carbons (Fsp3) is 0.214. The smallest absolute Gasteiger partial charge is 0.170 e. The summed E-state index contributed by atoms with van der Waals surface area (Å²) in [6.45, 7) is 1.93. The number of ketones is 1. The molecule has 2 rings (SSSR count). The molecule has 0 spiro atoms. The van der Waals surface area contributed by atoms with Crippen LogP contribution in [0.5, 0.6) is 0 Å². The summed E-state index contributed by atoms with van der Waals surface area (Å²) in [5, 5.41) is 0. The van der Waals surface area contributed by atoms with Crippen LogP contribution in [0.3, 0.4) is 0 Å². The molecule has 0 aliphatic carbocycles. The molecule has 0 saturated carbocycles. The quantitative estimate of drug-likeness (QED) is 0.793. The summed E-state index contributed by atoms with van der Waals surface area (Å²) in [5.41, 5.74) is 1.38. The Morgan fingerprint density at radius 1 is 1.39 bits per heavy atom. The third-order valence-electron chi connectivity index (χ3n) is 2.72. The highest BCUT2D eigenvalue weighted by atomic mass is 79.9. The highest BCUT2D eigenvalue weighted by Crippen LogP contribution is 2.19. The van der Waals surface area contributed by atoms with E-state index in [1.54, 1.807) is 18.2 Å². The van der Waals surface area contributed by atoms with E-state index in [0.29, 0.717) is 22.2 Å². The summed E-state index contributed by atoms with van der Waals surface area (Å²) in [6.07, 6.45) is 2.44. The van der Waals surface area contributed by atoms with E-state index in [9.17, 15) is 9.18 Å². The van der Waals surface area contributed by atoms with Crippen molar-refractivity contribution in [2.45, 2.75) is 19.8 Å². The molecule has 1 heterocycles. The van der Waals surface area contributed by atoms with Crippen molar-refractivity contribution in [1.29, 1.82) is 0 Å². The van der Waals surface area contributed by atoms with Crippen molar-refractivity contribution >= 4 is 21.7 Å². The van der Waals surface area contributed by atoms with Crippen LogP contribution in [0.15, 0.2) is 39.4 Å².